The van der Waals surface area contributed by atoms with Crippen LogP contribution in [0.15, 0.2) is 54.6 Å². The van der Waals surface area contributed by atoms with Gasteiger partial charge >= 0.3 is 0 Å². The lowest BCUT2D eigenvalue weighted by Gasteiger charge is -2.24. The van der Waals surface area contributed by atoms with Gasteiger partial charge in [-0.3, -0.25) is 9.69 Å². The highest BCUT2D eigenvalue weighted by molar-refractivity contribution is 5.81. The van der Waals surface area contributed by atoms with Crippen molar-refractivity contribution >= 4 is 5.91 Å². The number of likely N-dealkylation sites (tertiary alicyclic amines) is 1. The standard InChI is InChI=1S/C21H26N2O/c1-23-15-7-3-6-10-20(23)21(24)22-16-17-11-13-19(14-12-17)18-8-4-2-5-9-18/h2,4-5,8-9,11-14,20H,3,6-7,10,15-16H2,1H3,(H,22,24). The van der Waals surface area contributed by atoms with E-state index in [1.54, 1.807) is 0 Å². The van der Waals surface area contributed by atoms with E-state index >= 15 is 0 Å². The summed E-state index contributed by atoms with van der Waals surface area (Å²) < 4.78 is 0. The van der Waals surface area contributed by atoms with E-state index in [2.05, 4.69) is 53.7 Å². The van der Waals surface area contributed by atoms with E-state index in [-0.39, 0.29) is 11.9 Å². The summed E-state index contributed by atoms with van der Waals surface area (Å²) in [7, 11) is 2.06. The summed E-state index contributed by atoms with van der Waals surface area (Å²) in [5, 5.41) is 3.11. The Balaban J connectivity index is 1.57. The van der Waals surface area contributed by atoms with Crippen LogP contribution in [-0.4, -0.2) is 30.4 Å². The van der Waals surface area contributed by atoms with Gasteiger partial charge in [0.05, 0.1) is 6.04 Å². The summed E-state index contributed by atoms with van der Waals surface area (Å²) >= 11 is 0. The van der Waals surface area contributed by atoms with Crippen LogP contribution >= 0.6 is 0 Å². The SMILES string of the molecule is CN1CCCCCC1C(=O)NCc1ccc(-c2ccccc2)cc1. The minimum absolute atomic E-state index is 0.0242. The molecule has 0 saturated carbocycles. The van der Waals surface area contributed by atoms with Gasteiger partial charge in [-0.25, -0.2) is 0 Å². The zero-order chi connectivity index (χ0) is 16.8. The fourth-order valence-electron chi connectivity index (χ4n) is 3.34. The lowest BCUT2D eigenvalue weighted by Crippen LogP contribution is -2.44. The second kappa shape index (κ2) is 8.11. The van der Waals surface area contributed by atoms with E-state index in [1.165, 1.54) is 24.0 Å². The number of nitrogens with one attached hydrogen (secondary N) is 1. The Kier molecular flexibility index (Phi) is 5.65. The molecule has 3 nitrogen and oxygen atoms in total. The van der Waals surface area contributed by atoms with E-state index in [9.17, 15) is 4.79 Å². The van der Waals surface area contributed by atoms with Crippen molar-refractivity contribution in [2.45, 2.75) is 38.3 Å². The van der Waals surface area contributed by atoms with Crippen LogP contribution in [-0.2, 0) is 11.3 Å². The summed E-state index contributed by atoms with van der Waals surface area (Å²) in [5.41, 5.74) is 3.56. The predicted octanol–water partition coefficient (Wildman–Crippen LogP) is 3.84. The van der Waals surface area contributed by atoms with Crippen LogP contribution in [0.5, 0.6) is 0 Å². The molecule has 1 N–H and O–H groups in total. The normalized spacial score (nSPS) is 18.8. The zero-order valence-electron chi connectivity index (χ0n) is 14.4. The first-order valence-corrected chi connectivity index (χ1v) is 8.86. The highest BCUT2D eigenvalue weighted by atomic mass is 16.2. The molecule has 1 unspecified atom stereocenters. The lowest BCUT2D eigenvalue weighted by molar-refractivity contribution is -0.126. The average molecular weight is 322 g/mol. The first kappa shape index (κ1) is 16.7. The third-order valence-electron chi connectivity index (χ3n) is 4.85. The molecule has 3 heteroatoms. The number of likely N-dealkylation sites (N-methyl/N-ethyl adjacent to an activating group) is 1. The summed E-state index contributed by atoms with van der Waals surface area (Å²) in [6.45, 7) is 1.61. The second-order valence-corrected chi connectivity index (χ2v) is 6.63. The molecule has 0 bridgehead atoms. The molecule has 0 aliphatic carbocycles. The highest BCUT2D eigenvalue weighted by Gasteiger charge is 2.24. The molecule has 1 aliphatic heterocycles. The molecule has 1 fully saturated rings. The number of benzene rings is 2. The molecule has 2 aromatic carbocycles. The van der Waals surface area contributed by atoms with Gasteiger partial charge in [0, 0.05) is 6.54 Å². The summed E-state index contributed by atoms with van der Waals surface area (Å²) in [6, 6.07) is 18.8. The molecule has 0 aromatic heterocycles. The van der Waals surface area contributed by atoms with Crippen LogP contribution < -0.4 is 5.32 Å². The van der Waals surface area contributed by atoms with Gasteiger partial charge in [0.25, 0.3) is 0 Å². The maximum Gasteiger partial charge on any atom is 0.237 e. The third kappa shape index (κ3) is 4.24. The Bertz CT molecular complexity index is 651. The molecular weight excluding hydrogens is 296 g/mol. The Morgan fingerprint density at radius 3 is 2.46 bits per heavy atom. The van der Waals surface area contributed by atoms with Gasteiger partial charge in [-0.15, -0.1) is 0 Å². The molecule has 1 aliphatic rings. The first-order valence-electron chi connectivity index (χ1n) is 8.86. The van der Waals surface area contributed by atoms with Gasteiger partial charge in [0.15, 0.2) is 0 Å². The van der Waals surface area contributed by atoms with E-state index in [4.69, 9.17) is 0 Å². The fraction of sp³-hybridized carbons (Fsp3) is 0.381. The second-order valence-electron chi connectivity index (χ2n) is 6.63. The fourth-order valence-corrected chi connectivity index (χ4v) is 3.34. The van der Waals surface area contributed by atoms with Gasteiger partial charge < -0.3 is 5.32 Å². The minimum atomic E-state index is 0.0242. The molecule has 24 heavy (non-hydrogen) atoms. The van der Waals surface area contributed by atoms with Crippen LogP contribution in [0.3, 0.4) is 0 Å². The molecular formula is C21H26N2O. The van der Waals surface area contributed by atoms with Gasteiger partial charge in [0.2, 0.25) is 5.91 Å². The third-order valence-corrected chi connectivity index (χ3v) is 4.85. The number of hydrogen-bond acceptors (Lipinski definition) is 2. The maximum absolute atomic E-state index is 12.5. The van der Waals surface area contributed by atoms with Crippen LogP contribution in [0, 0.1) is 0 Å². The molecule has 0 spiro atoms. The Morgan fingerprint density at radius 2 is 1.71 bits per heavy atom. The van der Waals surface area contributed by atoms with Crippen molar-refractivity contribution in [1.29, 1.82) is 0 Å². The number of nitrogens with zero attached hydrogens (tertiary/aromatic N) is 1. The average Bonchev–Trinajstić information content (AvgIpc) is 2.85. The molecule has 0 radical (unpaired) electrons. The predicted molar refractivity (Wildman–Crippen MR) is 98.6 cm³/mol. The van der Waals surface area contributed by atoms with E-state index in [0.29, 0.717) is 6.54 Å². The van der Waals surface area contributed by atoms with Gasteiger partial charge in [0.1, 0.15) is 0 Å². The minimum Gasteiger partial charge on any atom is -0.351 e. The van der Waals surface area contributed by atoms with Crippen LogP contribution in [0.4, 0.5) is 0 Å². The molecule has 1 atom stereocenters. The summed E-state index contributed by atoms with van der Waals surface area (Å²) in [5.74, 6) is 0.159. The topological polar surface area (TPSA) is 32.3 Å². The smallest absolute Gasteiger partial charge is 0.237 e. The van der Waals surface area contributed by atoms with Crippen molar-refractivity contribution in [1.82, 2.24) is 10.2 Å². The number of carbonyl (C=O) groups is 1. The Labute approximate surface area is 144 Å². The van der Waals surface area contributed by atoms with Crippen LogP contribution in [0.25, 0.3) is 11.1 Å². The Hall–Kier alpha value is -2.13. The summed E-state index contributed by atoms with van der Waals surface area (Å²) in [4.78, 5) is 14.7. The van der Waals surface area contributed by atoms with Crippen molar-refractivity contribution < 1.29 is 4.79 Å². The van der Waals surface area contributed by atoms with Gasteiger partial charge in [-0.05, 0) is 43.1 Å². The maximum atomic E-state index is 12.5. The van der Waals surface area contributed by atoms with Gasteiger partial charge in [-0.2, -0.15) is 0 Å². The lowest BCUT2D eigenvalue weighted by atomic mass is 10.0. The highest BCUT2D eigenvalue weighted by Crippen LogP contribution is 2.19. The number of rotatable bonds is 4. The monoisotopic (exact) mass is 322 g/mol. The van der Waals surface area contributed by atoms with Crippen LogP contribution in [0.1, 0.15) is 31.2 Å². The first-order chi connectivity index (χ1) is 11.7. The molecule has 1 amide bonds. The molecule has 2 aromatic rings. The van der Waals surface area contributed by atoms with Gasteiger partial charge in [-0.1, -0.05) is 67.4 Å². The molecule has 1 heterocycles. The van der Waals surface area contributed by atoms with Crippen molar-refractivity contribution in [2.75, 3.05) is 13.6 Å². The number of hydrogen-bond donors (Lipinski definition) is 1. The van der Waals surface area contributed by atoms with Crippen molar-refractivity contribution in [2.24, 2.45) is 0 Å². The molecule has 3 rings (SSSR count). The van der Waals surface area contributed by atoms with E-state index < -0.39 is 0 Å². The van der Waals surface area contributed by atoms with Crippen molar-refractivity contribution in [3.63, 3.8) is 0 Å². The Morgan fingerprint density at radius 1 is 1.00 bits per heavy atom. The van der Waals surface area contributed by atoms with Crippen LogP contribution in [0.2, 0.25) is 0 Å². The van der Waals surface area contributed by atoms with Crippen molar-refractivity contribution in [3.8, 4) is 11.1 Å². The number of carbonyl (C=O) groups excluding carboxylic acids is 1. The quantitative estimate of drug-likeness (QED) is 0.927. The zero-order valence-corrected chi connectivity index (χ0v) is 14.4. The largest absolute Gasteiger partial charge is 0.351 e. The molecule has 126 valence electrons. The van der Waals surface area contributed by atoms with E-state index in [1.807, 2.05) is 18.2 Å². The van der Waals surface area contributed by atoms with E-state index in [0.717, 1.165) is 24.9 Å². The summed E-state index contributed by atoms with van der Waals surface area (Å²) in [6.07, 6.45) is 4.54. The molecule has 1 saturated heterocycles. The number of amides is 1. The van der Waals surface area contributed by atoms with Crippen molar-refractivity contribution in [3.05, 3.63) is 60.2 Å².